The van der Waals surface area contributed by atoms with Crippen LogP contribution in [0, 0.1) is 18.3 Å². The number of anilines is 1. The van der Waals surface area contributed by atoms with E-state index in [1.807, 2.05) is 35.7 Å². The number of hydrogen-bond donors (Lipinski definition) is 1. The van der Waals surface area contributed by atoms with E-state index < -0.39 is 11.9 Å². The second-order valence-corrected chi connectivity index (χ2v) is 9.49. The Morgan fingerprint density at radius 3 is 2.53 bits per heavy atom. The highest BCUT2D eigenvalue weighted by molar-refractivity contribution is 7.18. The lowest BCUT2D eigenvalue weighted by molar-refractivity contribution is 0.0527. The predicted octanol–water partition coefficient (Wildman–Crippen LogP) is 6.66. The second kappa shape index (κ2) is 11.2. The van der Waals surface area contributed by atoms with Crippen molar-refractivity contribution in [3.05, 3.63) is 75.1 Å². The number of nitrogens with zero attached hydrogens (tertiary/aromatic N) is 2. The minimum absolute atomic E-state index is 0.193. The van der Waals surface area contributed by atoms with Gasteiger partial charge in [0.15, 0.2) is 0 Å². The molecule has 0 atom stereocenters. The summed E-state index contributed by atoms with van der Waals surface area (Å²) in [6.45, 7) is 5.51. The monoisotopic (exact) mass is 517 g/mol. The van der Waals surface area contributed by atoms with Crippen LogP contribution >= 0.6 is 22.7 Å². The molecule has 2 heterocycles. The van der Waals surface area contributed by atoms with Crippen LogP contribution < -0.4 is 5.32 Å². The van der Waals surface area contributed by atoms with E-state index in [1.165, 1.54) is 17.5 Å². The van der Waals surface area contributed by atoms with Gasteiger partial charge >= 0.3 is 11.9 Å². The first-order valence-electron chi connectivity index (χ1n) is 11.3. The molecular weight excluding hydrogens is 494 g/mol. The van der Waals surface area contributed by atoms with E-state index in [0.29, 0.717) is 26.0 Å². The summed E-state index contributed by atoms with van der Waals surface area (Å²) in [6, 6.07) is 16.4. The molecule has 2 aromatic heterocycles. The summed E-state index contributed by atoms with van der Waals surface area (Å²) in [5.41, 5.74) is 2.74. The van der Waals surface area contributed by atoms with Crippen molar-refractivity contribution in [2.75, 3.05) is 18.5 Å². The number of fused-ring (bicyclic) bond motifs is 1. The number of hydrogen-bond acceptors (Lipinski definition) is 9. The van der Waals surface area contributed by atoms with E-state index in [4.69, 9.17) is 9.47 Å². The molecule has 7 nitrogen and oxygen atoms in total. The van der Waals surface area contributed by atoms with Crippen molar-refractivity contribution >= 4 is 56.0 Å². The van der Waals surface area contributed by atoms with Crippen LogP contribution in [0.4, 0.5) is 5.00 Å². The molecule has 2 aromatic carbocycles. The van der Waals surface area contributed by atoms with E-state index in [2.05, 4.69) is 28.5 Å². The number of thiazole rings is 1. The van der Waals surface area contributed by atoms with Crippen molar-refractivity contribution in [3.8, 4) is 17.3 Å². The third kappa shape index (κ3) is 5.15. The fraction of sp³-hybridized carbons (Fsp3) is 0.185. The van der Waals surface area contributed by atoms with Gasteiger partial charge in [0.1, 0.15) is 26.5 Å². The van der Waals surface area contributed by atoms with Crippen LogP contribution in [0.2, 0.25) is 0 Å². The van der Waals surface area contributed by atoms with Crippen LogP contribution in [0.1, 0.15) is 44.4 Å². The van der Waals surface area contributed by atoms with Crippen molar-refractivity contribution in [2.45, 2.75) is 20.8 Å². The molecule has 0 saturated carbocycles. The Bertz CT molecular complexity index is 1510. The Balaban J connectivity index is 1.64. The molecule has 1 N–H and O–H groups in total. The molecule has 4 aromatic rings. The molecule has 36 heavy (non-hydrogen) atoms. The van der Waals surface area contributed by atoms with Crippen molar-refractivity contribution in [1.29, 1.82) is 5.26 Å². The van der Waals surface area contributed by atoms with Crippen LogP contribution in [0.5, 0.6) is 0 Å². The Labute approximate surface area is 216 Å². The standard InChI is InChI=1S/C27H23N3O4S2/c1-4-33-26(31)22-16(3)23(27(32)34-5-2)36-25(22)29-14-20(13-28)24-30-21(15-35-24)19-11-10-17-8-6-7-9-18(17)12-19/h6-12,14-15,29H,4-5H2,1-3H3. The predicted molar refractivity (Wildman–Crippen MR) is 143 cm³/mol. The Hall–Kier alpha value is -4.00. The lowest BCUT2D eigenvalue weighted by atomic mass is 10.1. The number of nitrogens with one attached hydrogen (secondary N) is 1. The van der Waals surface area contributed by atoms with Crippen molar-refractivity contribution in [3.63, 3.8) is 0 Å². The Morgan fingerprint density at radius 1 is 1.08 bits per heavy atom. The molecule has 0 aliphatic rings. The van der Waals surface area contributed by atoms with Gasteiger partial charge in [0.05, 0.1) is 24.5 Å². The third-order valence-corrected chi connectivity index (χ3v) is 7.41. The maximum atomic E-state index is 12.6. The number of esters is 2. The summed E-state index contributed by atoms with van der Waals surface area (Å²) in [5, 5.41) is 17.9. The zero-order chi connectivity index (χ0) is 25.7. The Morgan fingerprint density at radius 2 is 1.81 bits per heavy atom. The topological polar surface area (TPSA) is 101 Å². The molecule has 0 aliphatic heterocycles. The quantitative estimate of drug-likeness (QED) is 0.206. The molecule has 0 aliphatic carbocycles. The number of nitriles is 1. The maximum Gasteiger partial charge on any atom is 0.348 e. The van der Waals surface area contributed by atoms with Gasteiger partial charge in [0.25, 0.3) is 0 Å². The number of rotatable bonds is 8. The van der Waals surface area contributed by atoms with E-state index in [1.54, 1.807) is 20.8 Å². The second-order valence-electron chi connectivity index (χ2n) is 7.62. The largest absolute Gasteiger partial charge is 0.462 e. The molecule has 182 valence electrons. The highest BCUT2D eigenvalue weighted by atomic mass is 32.1. The third-order valence-electron chi connectivity index (χ3n) is 5.34. The number of carbonyl (C=O) groups is 2. The summed E-state index contributed by atoms with van der Waals surface area (Å²) < 4.78 is 10.3. The van der Waals surface area contributed by atoms with Crippen LogP contribution in [0.25, 0.3) is 27.6 Å². The van der Waals surface area contributed by atoms with E-state index in [9.17, 15) is 14.9 Å². The minimum Gasteiger partial charge on any atom is -0.462 e. The highest BCUT2D eigenvalue weighted by Crippen LogP contribution is 2.35. The van der Waals surface area contributed by atoms with E-state index in [0.717, 1.165) is 33.4 Å². The van der Waals surface area contributed by atoms with Gasteiger partial charge in [0, 0.05) is 17.1 Å². The fourth-order valence-corrected chi connectivity index (χ4v) is 5.47. The zero-order valence-corrected chi connectivity index (χ0v) is 21.6. The first-order chi connectivity index (χ1) is 17.5. The van der Waals surface area contributed by atoms with Gasteiger partial charge in [-0.25, -0.2) is 14.6 Å². The highest BCUT2D eigenvalue weighted by Gasteiger charge is 2.26. The lowest BCUT2D eigenvalue weighted by Crippen LogP contribution is -2.09. The molecule has 0 fully saturated rings. The molecule has 4 rings (SSSR count). The molecule has 0 unspecified atom stereocenters. The van der Waals surface area contributed by atoms with Crippen molar-refractivity contribution in [2.24, 2.45) is 0 Å². The molecule has 0 saturated heterocycles. The zero-order valence-electron chi connectivity index (χ0n) is 20.0. The number of ether oxygens (including phenoxy) is 2. The smallest absolute Gasteiger partial charge is 0.348 e. The fourth-order valence-electron chi connectivity index (χ4n) is 3.61. The van der Waals surface area contributed by atoms with Crippen molar-refractivity contribution in [1.82, 2.24) is 4.98 Å². The molecule has 0 amide bonds. The number of benzene rings is 2. The van der Waals surface area contributed by atoms with Gasteiger partial charge < -0.3 is 14.8 Å². The first kappa shape index (κ1) is 25.1. The number of thiophene rings is 1. The van der Waals surface area contributed by atoms with Crippen LogP contribution in [-0.2, 0) is 9.47 Å². The summed E-state index contributed by atoms with van der Waals surface area (Å²) >= 11 is 2.43. The van der Waals surface area contributed by atoms with Gasteiger partial charge in [-0.2, -0.15) is 5.26 Å². The minimum atomic E-state index is -0.552. The average molecular weight is 518 g/mol. The average Bonchev–Trinajstić information content (AvgIpc) is 3.49. The van der Waals surface area contributed by atoms with Gasteiger partial charge in [0.2, 0.25) is 0 Å². The normalized spacial score (nSPS) is 11.2. The molecule has 9 heteroatoms. The van der Waals surface area contributed by atoms with Gasteiger partial charge in [-0.05, 0) is 43.2 Å². The number of aromatic nitrogens is 1. The maximum absolute atomic E-state index is 12.6. The summed E-state index contributed by atoms with van der Waals surface area (Å²) in [7, 11) is 0. The molecule has 0 bridgehead atoms. The van der Waals surface area contributed by atoms with Gasteiger partial charge in [-0.3, -0.25) is 0 Å². The van der Waals surface area contributed by atoms with Crippen LogP contribution in [0.15, 0.2) is 54.0 Å². The number of allylic oxidation sites excluding steroid dienone is 1. The summed E-state index contributed by atoms with van der Waals surface area (Å²) in [5.74, 6) is -1.06. The van der Waals surface area contributed by atoms with Gasteiger partial charge in [-0.15, -0.1) is 22.7 Å². The molecule has 0 spiro atoms. The van der Waals surface area contributed by atoms with Crippen LogP contribution in [0.3, 0.4) is 0 Å². The number of carbonyl (C=O) groups excluding carboxylic acids is 2. The SMILES string of the molecule is CCOC(=O)c1sc(NC=C(C#N)c2nc(-c3ccc4ccccc4c3)cs2)c(C(=O)OCC)c1C. The lowest BCUT2D eigenvalue weighted by Gasteiger charge is -2.05. The summed E-state index contributed by atoms with van der Waals surface area (Å²) in [6.07, 6.45) is 1.49. The van der Waals surface area contributed by atoms with Crippen molar-refractivity contribution < 1.29 is 19.1 Å². The molecular formula is C27H23N3O4S2. The summed E-state index contributed by atoms with van der Waals surface area (Å²) in [4.78, 5) is 30.0. The molecule has 0 radical (unpaired) electrons. The van der Waals surface area contributed by atoms with E-state index in [-0.39, 0.29) is 18.8 Å². The van der Waals surface area contributed by atoms with Gasteiger partial charge in [-0.1, -0.05) is 36.4 Å². The Kier molecular flexibility index (Phi) is 7.78. The van der Waals surface area contributed by atoms with Crippen LogP contribution in [-0.4, -0.2) is 30.1 Å². The first-order valence-corrected chi connectivity index (χ1v) is 13.0. The van der Waals surface area contributed by atoms with E-state index >= 15 is 0 Å².